The van der Waals surface area contributed by atoms with Crippen molar-refractivity contribution < 1.29 is 19.7 Å². The van der Waals surface area contributed by atoms with Gasteiger partial charge in [-0.05, 0) is 18.6 Å². The van der Waals surface area contributed by atoms with Crippen molar-refractivity contribution in [3.05, 3.63) is 24.3 Å². The average molecular weight is 353 g/mol. The van der Waals surface area contributed by atoms with Gasteiger partial charge in [-0.25, -0.2) is 0 Å². The molecule has 0 fully saturated rings. The molecule has 1 rings (SSSR count). The quantitative estimate of drug-likeness (QED) is 0.408. The van der Waals surface area contributed by atoms with Gasteiger partial charge in [0.05, 0.1) is 6.61 Å². The predicted octanol–water partition coefficient (Wildman–Crippen LogP) is 5.07. The number of phenolic OH excluding ortho intramolecular Hbond substituents is 1. The molecule has 25 heavy (non-hydrogen) atoms. The van der Waals surface area contributed by atoms with Crippen LogP contribution in [0.4, 0.5) is 0 Å². The number of benzene rings is 1. The highest BCUT2D eigenvalue weighted by Gasteiger charge is 2.06. The van der Waals surface area contributed by atoms with Crippen LogP contribution in [0.25, 0.3) is 0 Å². The number of hydrogen-bond donors (Lipinski definition) is 2. The average Bonchev–Trinajstić information content (AvgIpc) is 2.61. The van der Waals surface area contributed by atoms with Gasteiger partial charge in [0.25, 0.3) is 0 Å². The first kappa shape index (κ1) is 21.8. The summed E-state index contributed by atoms with van der Waals surface area (Å²) in [6.07, 6.45) is 12.4. The molecule has 1 aromatic rings. The number of phenols is 1. The summed E-state index contributed by atoms with van der Waals surface area (Å²) in [7, 11) is 0. The van der Waals surface area contributed by atoms with Gasteiger partial charge in [-0.15, -0.1) is 0 Å². The maximum Gasteiger partial charge on any atom is 0.123 e. The van der Waals surface area contributed by atoms with Crippen molar-refractivity contribution in [3.8, 4) is 11.5 Å². The SMILES string of the molecule is CCCCCCCCCCCCOCC(O)COc1cccc(O)c1. The monoisotopic (exact) mass is 352 g/mol. The van der Waals surface area contributed by atoms with Gasteiger partial charge in [0.15, 0.2) is 0 Å². The number of aromatic hydroxyl groups is 1. The van der Waals surface area contributed by atoms with Gasteiger partial charge in [-0.2, -0.15) is 0 Å². The molecule has 0 spiro atoms. The summed E-state index contributed by atoms with van der Waals surface area (Å²) in [6, 6.07) is 6.56. The number of aliphatic hydroxyl groups is 1. The lowest BCUT2D eigenvalue weighted by atomic mass is 10.1. The van der Waals surface area contributed by atoms with Crippen molar-refractivity contribution >= 4 is 0 Å². The second kappa shape index (κ2) is 15.0. The van der Waals surface area contributed by atoms with E-state index >= 15 is 0 Å². The molecule has 0 bridgehead atoms. The van der Waals surface area contributed by atoms with Crippen LogP contribution in [0, 0.1) is 0 Å². The smallest absolute Gasteiger partial charge is 0.123 e. The Morgan fingerprint density at radius 3 is 2.16 bits per heavy atom. The third kappa shape index (κ3) is 12.7. The van der Waals surface area contributed by atoms with Gasteiger partial charge < -0.3 is 19.7 Å². The van der Waals surface area contributed by atoms with Gasteiger partial charge in [0.2, 0.25) is 0 Å². The molecule has 1 aromatic carbocycles. The zero-order valence-electron chi connectivity index (χ0n) is 15.8. The zero-order chi connectivity index (χ0) is 18.2. The topological polar surface area (TPSA) is 58.9 Å². The summed E-state index contributed by atoms with van der Waals surface area (Å²) in [4.78, 5) is 0. The van der Waals surface area contributed by atoms with Crippen molar-refractivity contribution in [2.45, 2.75) is 77.2 Å². The fourth-order valence-electron chi connectivity index (χ4n) is 2.72. The first-order chi connectivity index (χ1) is 12.2. The van der Waals surface area contributed by atoms with E-state index in [4.69, 9.17) is 9.47 Å². The molecule has 0 radical (unpaired) electrons. The predicted molar refractivity (Wildman–Crippen MR) is 102 cm³/mol. The normalized spacial score (nSPS) is 12.2. The number of hydrogen-bond acceptors (Lipinski definition) is 4. The molecule has 0 heterocycles. The summed E-state index contributed by atoms with van der Waals surface area (Å²) in [6.45, 7) is 3.40. The molecule has 144 valence electrons. The highest BCUT2D eigenvalue weighted by atomic mass is 16.5. The van der Waals surface area contributed by atoms with Crippen LogP contribution >= 0.6 is 0 Å². The molecule has 0 aliphatic heterocycles. The van der Waals surface area contributed by atoms with E-state index in [1.807, 2.05) is 0 Å². The van der Waals surface area contributed by atoms with Gasteiger partial charge in [-0.1, -0.05) is 70.8 Å². The molecule has 0 saturated heterocycles. The van der Waals surface area contributed by atoms with E-state index in [2.05, 4.69) is 6.92 Å². The molecule has 0 aromatic heterocycles. The van der Waals surface area contributed by atoms with Crippen LogP contribution in [0.3, 0.4) is 0 Å². The Kier molecular flexibility index (Phi) is 13.1. The van der Waals surface area contributed by atoms with Crippen LogP contribution in [0.1, 0.15) is 71.1 Å². The molecule has 0 saturated carbocycles. The fraction of sp³-hybridized carbons (Fsp3) is 0.714. The van der Waals surface area contributed by atoms with E-state index in [0.29, 0.717) is 12.4 Å². The van der Waals surface area contributed by atoms with Crippen molar-refractivity contribution in [1.82, 2.24) is 0 Å². The molecule has 0 amide bonds. The number of aliphatic hydroxyl groups excluding tert-OH is 1. The van der Waals surface area contributed by atoms with E-state index in [1.54, 1.807) is 18.2 Å². The van der Waals surface area contributed by atoms with E-state index in [-0.39, 0.29) is 19.0 Å². The second-order valence-corrected chi connectivity index (χ2v) is 6.72. The van der Waals surface area contributed by atoms with E-state index in [1.165, 1.54) is 63.9 Å². The lowest BCUT2D eigenvalue weighted by Crippen LogP contribution is -2.23. The largest absolute Gasteiger partial charge is 0.508 e. The maximum atomic E-state index is 9.83. The fourth-order valence-corrected chi connectivity index (χ4v) is 2.72. The summed E-state index contributed by atoms with van der Waals surface area (Å²) >= 11 is 0. The summed E-state index contributed by atoms with van der Waals surface area (Å²) in [5, 5.41) is 19.2. The molecule has 0 aliphatic rings. The van der Waals surface area contributed by atoms with Crippen LogP contribution < -0.4 is 4.74 Å². The Labute approximate surface area is 153 Å². The third-order valence-corrected chi connectivity index (χ3v) is 4.21. The first-order valence-electron chi connectivity index (χ1n) is 9.90. The van der Waals surface area contributed by atoms with Gasteiger partial charge >= 0.3 is 0 Å². The van der Waals surface area contributed by atoms with Crippen LogP contribution in [0.15, 0.2) is 24.3 Å². The molecule has 2 N–H and O–H groups in total. The first-order valence-corrected chi connectivity index (χ1v) is 9.90. The summed E-state index contributed by atoms with van der Waals surface area (Å²) in [5.41, 5.74) is 0. The highest BCUT2D eigenvalue weighted by Crippen LogP contribution is 2.17. The molecule has 4 nitrogen and oxygen atoms in total. The van der Waals surface area contributed by atoms with Crippen LogP contribution in [0.2, 0.25) is 0 Å². The van der Waals surface area contributed by atoms with Crippen LogP contribution in [-0.2, 0) is 4.74 Å². The molecular formula is C21H36O4. The van der Waals surface area contributed by atoms with Crippen LogP contribution in [0.5, 0.6) is 11.5 Å². The van der Waals surface area contributed by atoms with E-state index < -0.39 is 6.10 Å². The Morgan fingerprint density at radius 2 is 1.52 bits per heavy atom. The lowest BCUT2D eigenvalue weighted by molar-refractivity contribution is 0.0109. The summed E-state index contributed by atoms with van der Waals surface area (Å²) < 4.78 is 10.9. The minimum atomic E-state index is -0.648. The van der Waals surface area contributed by atoms with E-state index in [0.717, 1.165) is 6.42 Å². The van der Waals surface area contributed by atoms with E-state index in [9.17, 15) is 10.2 Å². The van der Waals surface area contributed by atoms with Crippen molar-refractivity contribution in [2.75, 3.05) is 19.8 Å². The number of ether oxygens (including phenoxy) is 2. The number of unbranched alkanes of at least 4 members (excludes halogenated alkanes) is 9. The lowest BCUT2D eigenvalue weighted by Gasteiger charge is -2.13. The zero-order valence-corrected chi connectivity index (χ0v) is 15.8. The van der Waals surface area contributed by atoms with Crippen molar-refractivity contribution in [3.63, 3.8) is 0 Å². The maximum absolute atomic E-state index is 9.83. The van der Waals surface area contributed by atoms with Gasteiger partial charge in [-0.3, -0.25) is 0 Å². The molecule has 1 atom stereocenters. The Hall–Kier alpha value is -1.26. The molecule has 0 aliphatic carbocycles. The molecular weight excluding hydrogens is 316 g/mol. The minimum Gasteiger partial charge on any atom is -0.508 e. The number of rotatable bonds is 16. The standard InChI is InChI=1S/C21H36O4/c1-2-3-4-5-6-7-8-9-10-11-15-24-17-20(23)18-25-21-14-12-13-19(22)16-21/h12-14,16,20,22-23H,2-11,15,17-18H2,1H3. The Balaban J connectivity index is 1.86. The van der Waals surface area contributed by atoms with Gasteiger partial charge in [0.1, 0.15) is 24.2 Å². The summed E-state index contributed by atoms with van der Waals surface area (Å²) in [5.74, 6) is 0.706. The van der Waals surface area contributed by atoms with Gasteiger partial charge in [0, 0.05) is 12.7 Å². The van der Waals surface area contributed by atoms with Crippen molar-refractivity contribution in [1.29, 1.82) is 0 Å². The van der Waals surface area contributed by atoms with Crippen LogP contribution in [-0.4, -0.2) is 36.1 Å². The Bertz CT molecular complexity index is 422. The molecule has 4 heteroatoms. The Morgan fingerprint density at radius 1 is 0.880 bits per heavy atom. The third-order valence-electron chi connectivity index (χ3n) is 4.21. The molecule has 1 unspecified atom stereocenters. The van der Waals surface area contributed by atoms with Crippen molar-refractivity contribution in [2.24, 2.45) is 0 Å². The minimum absolute atomic E-state index is 0.157. The second-order valence-electron chi connectivity index (χ2n) is 6.72. The highest BCUT2D eigenvalue weighted by molar-refractivity contribution is 5.31.